The first-order chi connectivity index (χ1) is 6.15. The predicted molar refractivity (Wildman–Crippen MR) is 49.2 cm³/mol. The highest BCUT2D eigenvalue weighted by atomic mass is 16.2. The van der Waals surface area contributed by atoms with Crippen LogP contribution in [-0.4, -0.2) is 29.8 Å². The molecule has 0 aromatic carbocycles. The average molecular weight is 184 g/mol. The number of primary amides is 1. The Morgan fingerprint density at radius 1 is 1.69 bits per heavy atom. The fourth-order valence-electron chi connectivity index (χ4n) is 1.95. The van der Waals surface area contributed by atoms with Crippen LogP contribution in [0.1, 0.15) is 26.2 Å². The molecule has 1 fully saturated rings. The van der Waals surface area contributed by atoms with Crippen LogP contribution in [0.5, 0.6) is 0 Å². The zero-order chi connectivity index (χ0) is 9.84. The quantitative estimate of drug-likeness (QED) is 0.644. The van der Waals surface area contributed by atoms with Crippen LogP contribution in [0.4, 0.5) is 4.79 Å². The SMILES string of the molecule is CC1CC(CC=O)CCN1C(N)=O. The number of hydrogen-bond donors (Lipinski definition) is 1. The smallest absolute Gasteiger partial charge is 0.315 e. The first-order valence-corrected chi connectivity index (χ1v) is 4.65. The molecule has 1 heterocycles. The molecular weight excluding hydrogens is 168 g/mol. The average Bonchev–Trinajstić information content (AvgIpc) is 2.04. The van der Waals surface area contributed by atoms with Gasteiger partial charge in [0.05, 0.1) is 0 Å². The summed E-state index contributed by atoms with van der Waals surface area (Å²) in [6.45, 7) is 2.66. The number of amides is 2. The van der Waals surface area contributed by atoms with Crippen LogP contribution in [-0.2, 0) is 4.79 Å². The van der Waals surface area contributed by atoms with E-state index in [0.29, 0.717) is 18.9 Å². The molecule has 2 amide bonds. The second-order valence-electron chi connectivity index (χ2n) is 3.67. The molecule has 0 aliphatic carbocycles. The van der Waals surface area contributed by atoms with E-state index in [1.54, 1.807) is 4.90 Å². The lowest BCUT2D eigenvalue weighted by molar-refractivity contribution is -0.108. The summed E-state index contributed by atoms with van der Waals surface area (Å²) in [5, 5.41) is 0. The maximum absolute atomic E-state index is 10.9. The Morgan fingerprint density at radius 2 is 2.38 bits per heavy atom. The largest absolute Gasteiger partial charge is 0.351 e. The van der Waals surface area contributed by atoms with Gasteiger partial charge in [0.25, 0.3) is 0 Å². The van der Waals surface area contributed by atoms with Crippen molar-refractivity contribution in [1.29, 1.82) is 0 Å². The lowest BCUT2D eigenvalue weighted by Crippen LogP contribution is -2.47. The van der Waals surface area contributed by atoms with Gasteiger partial charge in [-0.25, -0.2) is 4.79 Å². The Kier molecular flexibility index (Phi) is 3.28. The highest BCUT2D eigenvalue weighted by Crippen LogP contribution is 2.24. The van der Waals surface area contributed by atoms with Crippen molar-refractivity contribution in [3.05, 3.63) is 0 Å². The maximum atomic E-state index is 10.9. The van der Waals surface area contributed by atoms with E-state index in [1.807, 2.05) is 6.92 Å². The van der Waals surface area contributed by atoms with Gasteiger partial charge in [-0.3, -0.25) is 0 Å². The minimum Gasteiger partial charge on any atom is -0.351 e. The van der Waals surface area contributed by atoms with Crippen molar-refractivity contribution >= 4 is 12.3 Å². The molecule has 1 rings (SSSR count). The number of rotatable bonds is 2. The van der Waals surface area contributed by atoms with Gasteiger partial charge in [-0.15, -0.1) is 0 Å². The highest BCUT2D eigenvalue weighted by molar-refractivity contribution is 5.72. The van der Waals surface area contributed by atoms with Gasteiger partial charge in [0.2, 0.25) is 0 Å². The number of nitrogens with two attached hydrogens (primary N) is 1. The van der Waals surface area contributed by atoms with Crippen LogP contribution >= 0.6 is 0 Å². The van der Waals surface area contributed by atoms with E-state index in [-0.39, 0.29) is 12.1 Å². The number of piperidine rings is 1. The number of hydrogen-bond acceptors (Lipinski definition) is 2. The summed E-state index contributed by atoms with van der Waals surface area (Å²) in [7, 11) is 0. The minimum atomic E-state index is -0.350. The number of likely N-dealkylation sites (tertiary alicyclic amines) is 1. The second-order valence-corrected chi connectivity index (χ2v) is 3.67. The number of carbonyl (C=O) groups excluding carboxylic acids is 2. The summed E-state index contributed by atoms with van der Waals surface area (Å²) in [5.74, 6) is 0.433. The van der Waals surface area contributed by atoms with E-state index in [9.17, 15) is 9.59 Å². The predicted octanol–water partition coefficient (Wildman–Crippen LogP) is 0.755. The third kappa shape index (κ3) is 2.44. The summed E-state index contributed by atoms with van der Waals surface area (Å²) in [5.41, 5.74) is 5.19. The molecule has 74 valence electrons. The second kappa shape index (κ2) is 4.25. The summed E-state index contributed by atoms with van der Waals surface area (Å²) >= 11 is 0. The highest BCUT2D eigenvalue weighted by Gasteiger charge is 2.26. The zero-order valence-electron chi connectivity index (χ0n) is 7.90. The van der Waals surface area contributed by atoms with Gasteiger partial charge in [0.15, 0.2) is 0 Å². The number of nitrogens with zero attached hydrogens (tertiary/aromatic N) is 1. The molecule has 4 heteroatoms. The van der Waals surface area contributed by atoms with Gasteiger partial charge in [-0.2, -0.15) is 0 Å². The topological polar surface area (TPSA) is 63.4 Å². The van der Waals surface area contributed by atoms with Crippen molar-refractivity contribution < 1.29 is 9.59 Å². The van der Waals surface area contributed by atoms with Crippen molar-refractivity contribution in [1.82, 2.24) is 4.90 Å². The van der Waals surface area contributed by atoms with Crippen molar-refractivity contribution in [3.63, 3.8) is 0 Å². The number of carbonyl (C=O) groups is 2. The molecule has 1 saturated heterocycles. The minimum absolute atomic E-state index is 0.177. The molecule has 0 aromatic rings. The molecule has 2 unspecified atom stereocenters. The summed E-state index contributed by atoms with van der Waals surface area (Å²) in [6.07, 6.45) is 3.35. The zero-order valence-corrected chi connectivity index (χ0v) is 7.90. The van der Waals surface area contributed by atoms with E-state index in [4.69, 9.17) is 5.73 Å². The Bertz CT molecular complexity index is 206. The molecule has 2 N–H and O–H groups in total. The van der Waals surface area contributed by atoms with Crippen LogP contribution in [0, 0.1) is 5.92 Å². The Labute approximate surface area is 78.1 Å². The summed E-state index contributed by atoms with van der Waals surface area (Å²) in [6, 6.07) is -0.173. The molecule has 0 bridgehead atoms. The van der Waals surface area contributed by atoms with E-state index >= 15 is 0 Å². The standard InChI is InChI=1S/C9H16N2O2/c1-7-6-8(3-5-12)2-4-11(7)9(10)13/h5,7-8H,2-4,6H2,1H3,(H2,10,13). The number of urea groups is 1. The van der Waals surface area contributed by atoms with Crippen molar-refractivity contribution in [2.75, 3.05) is 6.54 Å². The van der Waals surface area contributed by atoms with E-state index in [0.717, 1.165) is 19.1 Å². The van der Waals surface area contributed by atoms with Crippen LogP contribution in [0.3, 0.4) is 0 Å². The molecule has 1 aliphatic heterocycles. The van der Waals surface area contributed by atoms with Gasteiger partial charge in [0, 0.05) is 19.0 Å². The molecule has 0 spiro atoms. The van der Waals surface area contributed by atoms with Crippen molar-refractivity contribution in [2.24, 2.45) is 11.7 Å². The monoisotopic (exact) mass is 184 g/mol. The molecule has 0 radical (unpaired) electrons. The van der Waals surface area contributed by atoms with Gasteiger partial charge in [-0.05, 0) is 25.7 Å². The lowest BCUT2D eigenvalue weighted by atomic mass is 9.90. The van der Waals surface area contributed by atoms with Crippen LogP contribution < -0.4 is 5.73 Å². The van der Waals surface area contributed by atoms with Gasteiger partial charge in [0.1, 0.15) is 6.29 Å². The fourth-order valence-corrected chi connectivity index (χ4v) is 1.95. The molecule has 13 heavy (non-hydrogen) atoms. The van der Waals surface area contributed by atoms with E-state index < -0.39 is 0 Å². The van der Waals surface area contributed by atoms with Gasteiger partial charge in [-0.1, -0.05) is 0 Å². The lowest BCUT2D eigenvalue weighted by Gasteiger charge is -2.35. The van der Waals surface area contributed by atoms with Crippen molar-refractivity contribution in [2.45, 2.75) is 32.2 Å². The van der Waals surface area contributed by atoms with E-state index in [1.165, 1.54) is 0 Å². The Morgan fingerprint density at radius 3 is 2.85 bits per heavy atom. The normalized spacial score (nSPS) is 28.5. The van der Waals surface area contributed by atoms with Crippen molar-refractivity contribution in [3.8, 4) is 0 Å². The Balaban J connectivity index is 2.46. The molecule has 1 aliphatic rings. The first kappa shape index (κ1) is 10.0. The number of aldehydes is 1. The molecule has 0 saturated carbocycles. The summed E-state index contributed by atoms with van der Waals surface area (Å²) in [4.78, 5) is 22.9. The van der Waals surface area contributed by atoms with Gasteiger partial charge < -0.3 is 15.4 Å². The van der Waals surface area contributed by atoms with Gasteiger partial charge >= 0.3 is 6.03 Å². The molecular formula is C9H16N2O2. The molecule has 2 atom stereocenters. The Hall–Kier alpha value is -1.06. The first-order valence-electron chi connectivity index (χ1n) is 4.65. The van der Waals surface area contributed by atoms with Crippen LogP contribution in [0.2, 0.25) is 0 Å². The maximum Gasteiger partial charge on any atom is 0.315 e. The molecule has 4 nitrogen and oxygen atoms in total. The van der Waals surface area contributed by atoms with Crippen LogP contribution in [0.25, 0.3) is 0 Å². The summed E-state index contributed by atoms with van der Waals surface area (Å²) < 4.78 is 0. The van der Waals surface area contributed by atoms with E-state index in [2.05, 4.69) is 0 Å². The fraction of sp³-hybridized carbons (Fsp3) is 0.778. The third-order valence-corrected chi connectivity index (χ3v) is 2.70. The molecule has 0 aromatic heterocycles. The third-order valence-electron chi connectivity index (χ3n) is 2.70. The van der Waals surface area contributed by atoms with Crippen LogP contribution in [0.15, 0.2) is 0 Å².